The van der Waals surface area contributed by atoms with Gasteiger partial charge in [0.1, 0.15) is 11.2 Å². The first kappa shape index (κ1) is 98.5. The van der Waals surface area contributed by atoms with Crippen molar-refractivity contribution in [1.82, 2.24) is 43.1 Å². The van der Waals surface area contributed by atoms with E-state index in [1.54, 1.807) is 23.0 Å². The topological polar surface area (TPSA) is 117 Å². The Morgan fingerprint density at radius 3 is 1.10 bits per heavy atom. The molecule has 0 atom stereocenters. The molecule has 15 heteroatoms. The molecule has 0 N–H and O–H groups in total. The maximum absolute atomic E-state index is 6.61. The van der Waals surface area contributed by atoms with Gasteiger partial charge in [0.2, 0.25) is 0 Å². The average molecular weight is 2500 g/mol. The SMILES string of the molecule is CC(C)Cc1cc(-c2[c-]c3c4cccc5c6ccccc6n(c3c(C3CCCCC3)c2)c45)nc[c]1[Ge]([CH3])([CH3])[CH3].Cc1cnc(-c2[c-]c3c4cccc5c6ccccc6n(c45)c3c3c2oc2ccccc23)cc1CC(C)C.[Ir].[Ir].[Ir].[c-]1c(-c2ccccn2)c2oc3ccccc3c2c2c1c1cccc3c4ccccc4n2c13.[c-]1ccccc1-c1ccccn1.[c-]1ccccc1-c1ccccn1.[c-]1ccccc1-c1ccccn1. The van der Waals surface area contributed by atoms with Crippen molar-refractivity contribution in [3.63, 3.8) is 0 Å². The molecule has 0 aliphatic heterocycles. The van der Waals surface area contributed by atoms with Gasteiger partial charge in [0.25, 0.3) is 0 Å². The molecule has 1 aliphatic rings. The van der Waals surface area contributed by atoms with Crippen molar-refractivity contribution in [2.75, 3.05) is 0 Å². The molecule has 14 heterocycles. The Bertz CT molecular complexity index is 9270. The summed E-state index contributed by atoms with van der Waals surface area (Å²) in [6.45, 7) is 11.3. The molecule has 11 nitrogen and oxygen atoms in total. The Hall–Kier alpha value is -14.5. The molecule has 14 aromatic carbocycles. The Kier molecular flexibility index (Phi) is 28.2. The fourth-order valence-electron chi connectivity index (χ4n) is 22.1. The first-order valence-corrected chi connectivity index (χ1v) is 57.6. The van der Waals surface area contributed by atoms with E-state index in [9.17, 15) is 0 Å². The zero-order valence-electron chi connectivity index (χ0n) is 82.8. The fraction of sp³-hybridized carbons (Fsp3) is 0.136. The number of fused-ring (bicyclic) bond motifs is 26. The summed E-state index contributed by atoms with van der Waals surface area (Å²) in [4.78, 5) is 27.3. The van der Waals surface area contributed by atoms with Crippen LogP contribution in [0.3, 0.4) is 0 Å². The molecule has 1 saturated carbocycles. The molecule has 1 aliphatic carbocycles. The molecule has 0 spiro atoms. The smallest absolute Gasteiger partial charge is 0.123 e. The summed E-state index contributed by atoms with van der Waals surface area (Å²) in [6, 6.07) is 138. The minimum atomic E-state index is -2.04. The number of aromatic nitrogens is 9. The van der Waals surface area contributed by atoms with E-state index in [2.05, 4.69) is 304 Å². The standard InChI is InChI=1S/C36H39GeN2.C34H25N2O.C29H15N2O.3C11H8N.3Ir/c1-23(2)18-25-21-33(38-22-32(25)37(3,4)5)26-19-30(24-12-7-6-8-13-24)36-31(20-26)29-16-11-15-28-27-14-9-10-17-34(27)39(36)35(28)29;1-19(2)15-21-16-28(35-18-20(21)3)27-17-26-24-12-8-11-23-22-9-4-6-13-29(22)36(32(23)24)33(26)31-25-10-5-7-14-30(25)37-34(27)31;1-3-13-24-17(8-1)18-10-7-11-19-21-16-22(23-12-5-6-15-30-23)29-26(28(21)31(24)27(18)19)20-9-2-4-14-25(20)32-29;3*1-2-6-10(7-3-1)11-8-4-5-9-12-11;;;/h9-11,14-17,19,21-24H,6-8,12-13,18H2,1-5H3;4-14,16,18-19H,15H2,1-3H3;1-15H;3*1-6,8-9H;;;/q6*-1;;;. The Morgan fingerprint density at radius 1 is 0.320 bits per heavy atom. The second-order valence-corrected chi connectivity index (χ2v) is 50.3. The van der Waals surface area contributed by atoms with Crippen molar-refractivity contribution >= 4 is 176 Å². The van der Waals surface area contributed by atoms with Crippen molar-refractivity contribution in [3.05, 3.63) is 436 Å². The third-order valence-corrected chi connectivity index (χ3v) is 32.8. The van der Waals surface area contributed by atoms with E-state index < -0.39 is 13.3 Å². The summed E-state index contributed by atoms with van der Waals surface area (Å²) in [6.07, 6.45) is 20.1. The quantitative estimate of drug-likeness (QED) is 0.0877. The zero-order chi connectivity index (χ0) is 97.2. The summed E-state index contributed by atoms with van der Waals surface area (Å²) < 4.78 is 22.0. The summed E-state index contributed by atoms with van der Waals surface area (Å²) in [5.41, 5.74) is 32.2. The van der Waals surface area contributed by atoms with Crippen LogP contribution < -0.4 is 4.40 Å². The van der Waals surface area contributed by atoms with E-state index in [-0.39, 0.29) is 60.3 Å². The molecule has 29 rings (SSSR count). The van der Waals surface area contributed by atoms with E-state index in [0.29, 0.717) is 17.8 Å². The van der Waals surface area contributed by atoms with Crippen molar-refractivity contribution in [2.45, 2.75) is 103 Å². The van der Waals surface area contributed by atoms with Gasteiger partial charge in [0, 0.05) is 157 Å². The number of para-hydroxylation sites is 8. The maximum Gasteiger partial charge on any atom is 0.123 e. The van der Waals surface area contributed by atoms with Crippen molar-refractivity contribution in [1.29, 1.82) is 0 Å². The van der Waals surface area contributed by atoms with E-state index in [1.165, 1.54) is 152 Å². The minimum absolute atomic E-state index is 0. The average Bonchev–Trinajstić information content (AvgIpc) is 1.50. The zero-order valence-corrected chi connectivity index (χ0v) is 92.1. The van der Waals surface area contributed by atoms with Crippen LogP contribution in [0, 0.1) is 55.2 Å². The van der Waals surface area contributed by atoms with E-state index >= 15 is 0 Å². The predicted octanol–water partition coefficient (Wildman–Crippen LogP) is 33.8. The predicted molar refractivity (Wildman–Crippen MR) is 600 cm³/mol. The van der Waals surface area contributed by atoms with E-state index in [1.807, 2.05) is 176 Å². The Morgan fingerprint density at radius 2 is 0.680 bits per heavy atom. The number of nitrogens with zero attached hydrogens (tertiary/aromatic N) is 9. The van der Waals surface area contributed by atoms with Gasteiger partial charge >= 0.3 is 230 Å². The molecule has 1 fully saturated rings. The molecule has 14 aromatic heterocycles. The number of hydrogen-bond donors (Lipinski definition) is 0. The molecular formula is C132H103GeIr3N9O2-6. The van der Waals surface area contributed by atoms with Gasteiger partial charge < -0.3 is 32.6 Å². The summed E-state index contributed by atoms with van der Waals surface area (Å²) in [7, 11) is 0. The number of hydrogen-bond acceptors (Lipinski definition) is 8. The van der Waals surface area contributed by atoms with Crippen molar-refractivity contribution in [3.8, 4) is 67.5 Å². The summed E-state index contributed by atoms with van der Waals surface area (Å²) in [5, 5.41) is 19.5. The molecule has 147 heavy (non-hydrogen) atoms. The van der Waals surface area contributed by atoms with E-state index in [4.69, 9.17) is 18.8 Å². The van der Waals surface area contributed by atoms with Crippen LogP contribution in [0.5, 0.6) is 0 Å². The van der Waals surface area contributed by atoms with Crippen LogP contribution in [0.2, 0.25) is 17.3 Å². The minimum Gasteiger partial charge on any atom is -0.491 e. The van der Waals surface area contributed by atoms with Crippen LogP contribution in [0.15, 0.2) is 386 Å². The second-order valence-electron chi connectivity index (χ2n) is 39.8. The van der Waals surface area contributed by atoms with Gasteiger partial charge in [-0.15, -0.1) is 120 Å². The van der Waals surface area contributed by atoms with Crippen LogP contribution in [0.1, 0.15) is 88.0 Å². The van der Waals surface area contributed by atoms with Crippen molar-refractivity contribution in [2.24, 2.45) is 11.8 Å². The third-order valence-electron chi connectivity index (χ3n) is 28.4. The normalized spacial score (nSPS) is 12.3. The number of rotatable bonds is 12. The first-order chi connectivity index (χ1) is 70.7. The molecule has 3 radical (unpaired) electrons. The molecule has 0 saturated heterocycles. The maximum atomic E-state index is 6.61. The summed E-state index contributed by atoms with van der Waals surface area (Å²) in [5.74, 6) is 9.25. The molecule has 0 amide bonds. The van der Waals surface area contributed by atoms with Gasteiger partial charge in [0.05, 0.1) is 11.2 Å². The molecule has 0 bridgehead atoms. The molecule has 0 unspecified atom stereocenters. The van der Waals surface area contributed by atoms with Crippen molar-refractivity contribution < 1.29 is 69.2 Å². The van der Waals surface area contributed by atoms with Crippen LogP contribution >= 0.6 is 0 Å². The van der Waals surface area contributed by atoms with Gasteiger partial charge in [0.15, 0.2) is 0 Å². The van der Waals surface area contributed by atoms with Crippen LogP contribution in [-0.4, -0.2) is 56.4 Å². The van der Waals surface area contributed by atoms with Crippen LogP contribution in [0.25, 0.3) is 226 Å². The monoisotopic (exact) mass is 2500 g/mol. The van der Waals surface area contributed by atoms with Gasteiger partial charge in [-0.25, -0.2) is 0 Å². The largest absolute Gasteiger partial charge is 0.491 e. The van der Waals surface area contributed by atoms with E-state index in [0.717, 1.165) is 141 Å². The number of pyridine rings is 6. The third kappa shape index (κ3) is 18.4. The number of benzene rings is 14. The summed E-state index contributed by atoms with van der Waals surface area (Å²) >= 11 is -2.04. The van der Waals surface area contributed by atoms with Gasteiger partial charge in [-0.05, 0) is 118 Å². The first-order valence-electron chi connectivity index (χ1n) is 50.2. The fourth-order valence-corrected chi connectivity index (χ4v) is 25.5. The molecular weight excluding hydrogens is 2390 g/mol. The Balaban J connectivity index is 0.000000110. The van der Waals surface area contributed by atoms with Crippen LogP contribution in [-0.2, 0) is 73.2 Å². The van der Waals surface area contributed by atoms with Gasteiger partial charge in [-0.1, -0.05) is 216 Å². The Labute approximate surface area is 897 Å². The number of aryl methyl sites for hydroxylation is 1. The van der Waals surface area contributed by atoms with Gasteiger partial charge in [-0.3, -0.25) is 9.97 Å². The molecule has 28 aromatic rings. The van der Waals surface area contributed by atoms with Gasteiger partial charge in [-0.2, -0.15) is 0 Å². The molecule has 725 valence electrons. The van der Waals surface area contributed by atoms with Crippen LogP contribution in [0.4, 0.5) is 0 Å². The number of furan rings is 2. The second kappa shape index (κ2) is 42.1.